The molecule has 1 aliphatic rings. The summed E-state index contributed by atoms with van der Waals surface area (Å²) in [6.07, 6.45) is 7.71. The van der Waals surface area contributed by atoms with Crippen LogP contribution in [0.2, 0.25) is 0 Å². The van der Waals surface area contributed by atoms with Crippen molar-refractivity contribution in [3.05, 3.63) is 58.8 Å². The van der Waals surface area contributed by atoms with Crippen LogP contribution in [0.5, 0.6) is 0 Å². The van der Waals surface area contributed by atoms with Crippen molar-refractivity contribution in [2.75, 3.05) is 5.32 Å². The Morgan fingerprint density at radius 3 is 3.04 bits per heavy atom. The van der Waals surface area contributed by atoms with E-state index in [4.69, 9.17) is 0 Å². The number of aromatic nitrogens is 3. The van der Waals surface area contributed by atoms with Crippen molar-refractivity contribution >= 4 is 22.6 Å². The third kappa shape index (κ3) is 2.88. The van der Waals surface area contributed by atoms with Gasteiger partial charge in [-0.05, 0) is 37.0 Å². The number of H-pyrrole nitrogens is 1. The van der Waals surface area contributed by atoms with Crippen LogP contribution in [0.15, 0.2) is 47.8 Å². The number of fused-ring (bicyclic) bond motifs is 1. The molecule has 2 N–H and O–H groups in total. The van der Waals surface area contributed by atoms with Crippen LogP contribution in [0.4, 0.5) is 5.82 Å². The van der Waals surface area contributed by atoms with Gasteiger partial charge in [-0.2, -0.15) is 0 Å². The number of pyridine rings is 1. The van der Waals surface area contributed by atoms with E-state index >= 15 is 0 Å². The predicted octanol–water partition coefficient (Wildman–Crippen LogP) is 2.39. The Morgan fingerprint density at radius 2 is 2.22 bits per heavy atom. The molecule has 0 saturated heterocycles. The first-order chi connectivity index (χ1) is 11.2. The molecule has 0 spiro atoms. The molecule has 1 amide bonds. The lowest BCUT2D eigenvalue weighted by Crippen LogP contribution is -2.12. The van der Waals surface area contributed by atoms with Crippen LogP contribution in [0.3, 0.4) is 0 Å². The van der Waals surface area contributed by atoms with Gasteiger partial charge in [0.15, 0.2) is 11.2 Å². The summed E-state index contributed by atoms with van der Waals surface area (Å²) in [5, 5.41) is 3.36. The zero-order chi connectivity index (χ0) is 15.8. The summed E-state index contributed by atoms with van der Waals surface area (Å²) >= 11 is 0. The van der Waals surface area contributed by atoms with Crippen LogP contribution >= 0.6 is 0 Å². The highest BCUT2D eigenvalue weighted by Crippen LogP contribution is 2.30. The SMILES string of the molecule is O=C(Nc1cn(CC2CC2)cn1)c1ccc2c(=O)cc[nH]c2c1. The molecule has 1 saturated carbocycles. The number of rotatable bonds is 4. The maximum Gasteiger partial charge on any atom is 0.256 e. The van der Waals surface area contributed by atoms with Gasteiger partial charge in [0, 0.05) is 36.0 Å². The molecule has 116 valence electrons. The number of nitrogens with zero attached hydrogens (tertiary/aromatic N) is 2. The molecule has 0 unspecified atom stereocenters. The highest BCUT2D eigenvalue weighted by atomic mass is 16.1. The van der Waals surface area contributed by atoms with E-state index in [2.05, 4.69) is 15.3 Å². The minimum Gasteiger partial charge on any atom is -0.361 e. The van der Waals surface area contributed by atoms with E-state index in [1.165, 1.54) is 18.9 Å². The smallest absolute Gasteiger partial charge is 0.256 e. The zero-order valence-electron chi connectivity index (χ0n) is 12.5. The number of carbonyl (C=O) groups is 1. The van der Waals surface area contributed by atoms with E-state index in [1.807, 2.05) is 10.8 Å². The summed E-state index contributed by atoms with van der Waals surface area (Å²) in [4.78, 5) is 31.2. The van der Waals surface area contributed by atoms with Crippen molar-refractivity contribution in [3.63, 3.8) is 0 Å². The molecular weight excluding hydrogens is 292 g/mol. The molecule has 2 aromatic heterocycles. The van der Waals surface area contributed by atoms with E-state index in [0.717, 1.165) is 12.5 Å². The minimum atomic E-state index is -0.242. The van der Waals surface area contributed by atoms with Crippen LogP contribution in [-0.4, -0.2) is 20.4 Å². The number of aromatic amines is 1. The van der Waals surface area contributed by atoms with Crippen molar-refractivity contribution in [2.24, 2.45) is 5.92 Å². The van der Waals surface area contributed by atoms with E-state index in [9.17, 15) is 9.59 Å². The maximum atomic E-state index is 12.3. The lowest BCUT2D eigenvalue weighted by atomic mass is 10.1. The van der Waals surface area contributed by atoms with Gasteiger partial charge >= 0.3 is 0 Å². The average molecular weight is 308 g/mol. The Bertz CT molecular complexity index is 937. The van der Waals surface area contributed by atoms with Gasteiger partial charge in [0.25, 0.3) is 5.91 Å². The van der Waals surface area contributed by atoms with Crippen molar-refractivity contribution in [1.82, 2.24) is 14.5 Å². The Kier molecular flexibility index (Phi) is 3.22. The Morgan fingerprint density at radius 1 is 1.35 bits per heavy atom. The summed E-state index contributed by atoms with van der Waals surface area (Å²) in [7, 11) is 0. The lowest BCUT2D eigenvalue weighted by Gasteiger charge is -2.04. The fourth-order valence-corrected chi connectivity index (χ4v) is 2.63. The quantitative estimate of drug-likeness (QED) is 0.776. The Balaban J connectivity index is 1.54. The molecule has 23 heavy (non-hydrogen) atoms. The predicted molar refractivity (Wildman–Crippen MR) is 87.5 cm³/mol. The summed E-state index contributed by atoms with van der Waals surface area (Å²) in [5.74, 6) is 1.05. The van der Waals surface area contributed by atoms with E-state index in [-0.39, 0.29) is 11.3 Å². The fraction of sp³-hybridized carbons (Fsp3) is 0.235. The second-order valence-corrected chi connectivity index (χ2v) is 5.96. The number of nitrogens with one attached hydrogen (secondary N) is 2. The van der Waals surface area contributed by atoms with Gasteiger partial charge in [-0.3, -0.25) is 9.59 Å². The first-order valence-corrected chi connectivity index (χ1v) is 7.63. The van der Waals surface area contributed by atoms with Crippen molar-refractivity contribution in [3.8, 4) is 0 Å². The van der Waals surface area contributed by atoms with E-state index < -0.39 is 0 Å². The average Bonchev–Trinajstić information content (AvgIpc) is 3.25. The Hall–Kier alpha value is -2.89. The van der Waals surface area contributed by atoms with Gasteiger partial charge in [0.2, 0.25) is 0 Å². The molecule has 0 aliphatic heterocycles. The number of carbonyl (C=O) groups excluding carboxylic acids is 1. The van der Waals surface area contributed by atoms with Crippen LogP contribution in [-0.2, 0) is 6.54 Å². The van der Waals surface area contributed by atoms with Gasteiger partial charge in [-0.15, -0.1) is 0 Å². The second-order valence-electron chi connectivity index (χ2n) is 5.96. The normalized spacial score (nSPS) is 14.1. The number of hydrogen-bond acceptors (Lipinski definition) is 3. The topological polar surface area (TPSA) is 79.8 Å². The third-order valence-electron chi connectivity index (χ3n) is 4.06. The van der Waals surface area contributed by atoms with Crippen LogP contribution in [0.1, 0.15) is 23.2 Å². The standard InChI is InChI=1S/C17H16N4O2/c22-15-5-6-18-14-7-12(3-4-13(14)15)17(23)20-16-9-21(10-19-16)8-11-1-2-11/h3-7,9-11H,1-2,8H2,(H,18,22)(H,20,23). The van der Waals surface area contributed by atoms with Gasteiger partial charge in [0.1, 0.15) is 0 Å². The highest BCUT2D eigenvalue weighted by molar-refractivity contribution is 6.05. The van der Waals surface area contributed by atoms with Crippen molar-refractivity contribution in [1.29, 1.82) is 0 Å². The molecule has 0 radical (unpaired) electrons. The number of imidazole rings is 1. The van der Waals surface area contributed by atoms with E-state index in [1.54, 1.807) is 30.7 Å². The van der Waals surface area contributed by atoms with Gasteiger partial charge in [0.05, 0.1) is 11.8 Å². The van der Waals surface area contributed by atoms with Crippen molar-refractivity contribution in [2.45, 2.75) is 19.4 Å². The molecule has 1 aromatic carbocycles. The molecule has 3 aromatic rings. The number of hydrogen-bond donors (Lipinski definition) is 2. The first kappa shape index (κ1) is 13.8. The summed E-state index contributed by atoms with van der Waals surface area (Å²) < 4.78 is 2.01. The number of benzene rings is 1. The molecule has 4 rings (SSSR count). The minimum absolute atomic E-state index is 0.0653. The highest BCUT2D eigenvalue weighted by Gasteiger charge is 2.21. The molecule has 6 nitrogen and oxygen atoms in total. The molecule has 1 aliphatic carbocycles. The van der Waals surface area contributed by atoms with Crippen molar-refractivity contribution < 1.29 is 4.79 Å². The first-order valence-electron chi connectivity index (χ1n) is 7.63. The summed E-state index contributed by atoms with van der Waals surface area (Å²) in [6, 6.07) is 6.45. The van der Waals surface area contributed by atoms with E-state index in [0.29, 0.717) is 22.3 Å². The van der Waals surface area contributed by atoms with Gasteiger partial charge in [-0.1, -0.05) is 0 Å². The molecule has 1 fully saturated rings. The molecule has 0 bridgehead atoms. The lowest BCUT2D eigenvalue weighted by molar-refractivity contribution is 0.102. The largest absolute Gasteiger partial charge is 0.361 e. The van der Waals surface area contributed by atoms with Crippen LogP contribution in [0.25, 0.3) is 10.9 Å². The monoisotopic (exact) mass is 308 g/mol. The van der Waals surface area contributed by atoms with Gasteiger partial charge in [-0.25, -0.2) is 4.98 Å². The second kappa shape index (κ2) is 5.39. The third-order valence-corrected chi connectivity index (χ3v) is 4.06. The van der Waals surface area contributed by atoms with Gasteiger partial charge < -0.3 is 14.9 Å². The number of anilines is 1. The van der Waals surface area contributed by atoms with Crippen LogP contribution < -0.4 is 10.7 Å². The zero-order valence-corrected chi connectivity index (χ0v) is 12.5. The maximum absolute atomic E-state index is 12.3. The van der Waals surface area contributed by atoms with Crippen LogP contribution in [0, 0.1) is 5.92 Å². The molecule has 0 atom stereocenters. The molecular formula is C17H16N4O2. The molecule has 2 heterocycles. The summed E-state index contributed by atoms with van der Waals surface area (Å²) in [6.45, 7) is 0.958. The Labute approximate surface area is 132 Å². The number of amides is 1. The summed E-state index contributed by atoms with van der Waals surface area (Å²) in [5.41, 5.74) is 1.06. The fourth-order valence-electron chi connectivity index (χ4n) is 2.63. The molecule has 6 heteroatoms.